The molecule has 0 N–H and O–H groups in total. The Bertz CT molecular complexity index is 705. The summed E-state index contributed by atoms with van der Waals surface area (Å²) in [5.74, 6) is 0.865. The van der Waals surface area contributed by atoms with Gasteiger partial charge < -0.3 is 19.3 Å². The summed E-state index contributed by atoms with van der Waals surface area (Å²) in [6.07, 6.45) is 2.55. The molecule has 0 saturated carbocycles. The first-order valence-corrected chi connectivity index (χ1v) is 9.59. The van der Waals surface area contributed by atoms with Crippen molar-refractivity contribution in [3.8, 4) is 0 Å². The Hall–Kier alpha value is -1.60. The third kappa shape index (κ3) is 3.34. The summed E-state index contributed by atoms with van der Waals surface area (Å²) < 4.78 is 11.2. The van der Waals surface area contributed by atoms with Crippen LogP contribution in [0.3, 0.4) is 0 Å². The Morgan fingerprint density at radius 3 is 2.58 bits per heavy atom. The molecule has 2 saturated heterocycles. The lowest BCUT2D eigenvalue weighted by Gasteiger charge is -2.39. The summed E-state index contributed by atoms with van der Waals surface area (Å²) in [5.41, 5.74) is 1.41. The molecule has 7 nitrogen and oxygen atoms in total. The van der Waals surface area contributed by atoms with Crippen molar-refractivity contribution in [1.29, 1.82) is 0 Å². The maximum absolute atomic E-state index is 12.5. The van der Waals surface area contributed by atoms with Crippen LogP contribution in [0.15, 0.2) is 0 Å². The molecule has 1 aromatic heterocycles. The van der Waals surface area contributed by atoms with Crippen LogP contribution < -0.4 is 4.90 Å². The second kappa shape index (κ2) is 6.53. The van der Waals surface area contributed by atoms with Crippen LogP contribution >= 0.6 is 11.6 Å². The van der Waals surface area contributed by atoms with E-state index in [9.17, 15) is 4.79 Å². The molecule has 3 aliphatic heterocycles. The lowest BCUT2D eigenvalue weighted by atomic mass is 10.0. The fourth-order valence-corrected chi connectivity index (χ4v) is 4.22. The molecule has 0 aromatic carbocycles. The molecular formula is C18H25ClN4O3. The van der Waals surface area contributed by atoms with Crippen LogP contribution in [0.4, 0.5) is 10.6 Å². The molecule has 0 radical (unpaired) electrons. The van der Waals surface area contributed by atoms with Gasteiger partial charge in [0.1, 0.15) is 11.4 Å². The van der Waals surface area contributed by atoms with Crippen LogP contribution in [-0.2, 0) is 22.4 Å². The molecule has 0 aliphatic carbocycles. The summed E-state index contributed by atoms with van der Waals surface area (Å²) in [6.45, 7) is 8.08. The van der Waals surface area contributed by atoms with Crippen molar-refractivity contribution < 1.29 is 14.3 Å². The lowest BCUT2D eigenvalue weighted by molar-refractivity contribution is 0.0222. The highest BCUT2D eigenvalue weighted by molar-refractivity contribution is 6.28. The van der Waals surface area contributed by atoms with Gasteiger partial charge in [0, 0.05) is 18.5 Å². The lowest BCUT2D eigenvalue weighted by Crippen LogP contribution is -2.48. The predicted octanol–water partition coefficient (Wildman–Crippen LogP) is 2.79. The smallest absolute Gasteiger partial charge is 0.410 e. The van der Waals surface area contributed by atoms with Crippen LogP contribution in [0.1, 0.15) is 44.9 Å². The molecule has 2 fully saturated rings. The first-order chi connectivity index (χ1) is 12.3. The molecular weight excluding hydrogens is 356 g/mol. The Morgan fingerprint density at radius 1 is 1.23 bits per heavy atom. The Balaban J connectivity index is 1.64. The molecule has 142 valence electrons. The van der Waals surface area contributed by atoms with E-state index in [0.717, 1.165) is 29.9 Å². The molecule has 2 atom stereocenters. The number of halogens is 1. The normalized spacial score (nSPS) is 25.2. The van der Waals surface area contributed by atoms with E-state index in [-0.39, 0.29) is 11.4 Å². The highest BCUT2D eigenvalue weighted by atomic mass is 35.5. The highest BCUT2D eigenvalue weighted by Gasteiger charge is 2.41. The summed E-state index contributed by atoms with van der Waals surface area (Å²) in [7, 11) is 0. The summed E-state index contributed by atoms with van der Waals surface area (Å²) in [5, 5.41) is 0.273. The van der Waals surface area contributed by atoms with Gasteiger partial charge in [-0.2, -0.15) is 0 Å². The standard InChI is InChI=1S/C18H25ClN4O3/c1-18(2,3)26-17(24)22-7-6-14-13(8-22)15(21-16(19)20-14)23-11-4-5-12(23)10-25-9-11/h11-12H,4-10H2,1-3H3. The van der Waals surface area contributed by atoms with Gasteiger partial charge in [-0.15, -0.1) is 0 Å². The Labute approximate surface area is 158 Å². The minimum Gasteiger partial charge on any atom is -0.444 e. The minimum atomic E-state index is -0.514. The van der Waals surface area contributed by atoms with E-state index in [0.29, 0.717) is 44.8 Å². The van der Waals surface area contributed by atoms with E-state index in [1.165, 1.54) is 0 Å². The van der Waals surface area contributed by atoms with Gasteiger partial charge in [0.25, 0.3) is 0 Å². The van der Waals surface area contributed by atoms with E-state index < -0.39 is 5.60 Å². The van der Waals surface area contributed by atoms with Crippen molar-refractivity contribution in [2.24, 2.45) is 0 Å². The quantitative estimate of drug-likeness (QED) is 0.698. The van der Waals surface area contributed by atoms with Crippen LogP contribution in [0.25, 0.3) is 0 Å². The van der Waals surface area contributed by atoms with Crippen molar-refractivity contribution in [2.45, 2.75) is 64.3 Å². The van der Waals surface area contributed by atoms with Crippen LogP contribution in [0, 0.1) is 0 Å². The predicted molar refractivity (Wildman–Crippen MR) is 97.5 cm³/mol. The molecule has 1 amide bonds. The SMILES string of the molecule is CC(C)(C)OC(=O)N1CCc2nc(Cl)nc(N3C4CCC3COC4)c2C1. The molecule has 4 rings (SSSR count). The summed E-state index contributed by atoms with van der Waals surface area (Å²) >= 11 is 6.22. The molecule has 3 aliphatic rings. The zero-order chi connectivity index (χ0) is 18.5. The van der Waals surface area contributed by atoms with Crippen molar-refractivity contribution in [3.63, 3.8) is 0 Å². The Morgan fingerprint density at radius 2 is 1.92 bits per heavy atom. The third-order valence-electron chi connectivity index (χ3n) is 5.15. The van der Waals surface area contributed by atoms with Gasteiger partial charge in [0.2, 0.25) is 5.28 Å². The molecule has 2 bridgehead atoms. The number of hydrogen-bond acceptors (Lipinski definition) is 6. The van der Waals surface area contributed by atoms with Gasteiger partial charge in [-0.05, 0) is 45.2 Å². The van der Waals surface area contributed by atoms with E-state index in [1.54, 1.807) is 4.90 Å². The maximum Gasteiger partial charge on any atom is 0.410 e. The zero-order valence-corrected chi connectivity index (χ0v) is 16.3. The largest absolute Gasteiger partial charge is 0.444 e. The second-order valence-corrected chi connectivity index (χ2v) is 8.56. The highest BCUT2D eigenvalue weighted by Crippen LogP contribution is 2.37. The van der Waals surface area contributed by atoms with Crippen LogP contribution in [0.2, 0.25) is 5.28 Å². The maximum atomic E-state index is 12.5. The molecule has 26 heavy (non-hydrogen) atoms. The van der Waals surface area contributed by atoms with Gasteiger partial charge >= 0.3 is 6.09 Å². The average Bonchev–Trinajstić information content (AvgIpc) is 2.80. The number of rotatable bonds is 1. The third-order valence-corrected chi connectivity index (χ3v) is 5.32. The average molecular weight is 381 g/mol. The van der Waals surface area contributed by atoms with E-state index >= 15 is 0 Å². The first kappa shape index (κ1) is 17.8. The van der Waals surface area contributed by atoms with Crippen molar-refractivity contribution >= 4 is 23.5 Å². The number of fused-ring (bicyclic) bond motifs is 3. The molecule has 4 heterocycles. The fraction of sp³-hybridized carbons (Fsp3) is 0.722. The second-order valence-electron chi connectivity index (χ2n) is 8.22. The molecule has 2 unspecified atom stereocenters. The Kier molecular flexibility index (Phi) is 4.47. The number of carbonyl (C=O) groups is 1. The van der Waals surface area contributed by atoms with Gasteiger partial charge in [-0.3, -0.25) is 0 Å². The number of ether oxygens (including phenoxy) is 2. The van der Waals surface area contributed by atoms with Gasteiger partial charge in [-0.25, -0.2) is 14.8 Å². The number of morpholine rings is 1. The molecule has 1 aromatic rings. The van der Waals surface area contributed by atoms with Crippen LogP contribution in [0.5, 0.6) is 0 Å². The van der Waals surface area contributed by atoms with Crippen molar-refractivity contribution in [1.82, 2.24) is 14.9 Å². The van der Waals surface area contributed by atoms with E-state index in [1.807, 2.05) is 20.8 Å². The van der Waals surface area contributed by atoms with Gasteiger partial charge in [0.05, 0.1) is 37.5 Å². The molecule has 8 heteroatoms. The van der Waals surface area contributed by atoms with E-state index in [2.05, 4.69) is 14.9 Å². The number of nitrogens with zero attached hydrogens (tertiary/aromatic N) is 4. The van der Waals surface area contributed by atoms with Crippen molar-refractivity contribution in [3.05, 3.63) is 16.5 Å². The number of amides is 1. The van der Waals surface area contributed by atoms with Gasteiger partial charge in [-0.1, -0.05) is 0 Å². The number of carbonyl (C=O) groups excluding carboxylic acids is 1. The summed E-state index contributed by atoms with van der Waals surface area (Å²) in [6, 6.07) is 0.640. The fourth-order valence-electron chi connectivity index (χ4n) is 4.04. The van der Waals surface area contributed by atoms with Crippen LogP contribution in [-0.4, -0.2) is 58.4 Å². The zero-order valence-electron chi connectivity index (χ0n) is 15.5. The minimum absolute atomic E-state index is 0.273. The van der Waals surface area contributed by atoms with Gasteiger partial charge in [0.15, 0.2) is 0 Å². The molecule has 0 spiro atoms. The number of aromatic nitrogens is 2. The monoisotopic (exact) mass is 380 g/mol. The number of hydrogen-bond donors (Lipinski definition) is 0. The van der Waals surface area contributed by atoms with E-state index in [4.69, 9.17) is 21.1 Å². The van der Waals surface area contributed by atoms with Crippen molar-refractivity contribution in [2.75, 3.05) is 24.7 Å². The number of anilines is 1. The topological polar surface area (TPSA) is 67.8 Å². The first-order valence-electron chi connectivity index (χ1n) is 9.21. The summed E-state index contributed by atoms with van der Waals surface area (Å²) in [4.78, 5) is 25.6.